The van der Waals surface area contributed by atoms with E-state index >= 15 is 0 Å². The van der Waals surface area contributed by atoms with Gasteiger partial charge in [-0.05, 0) is 38.8 Å². The van der Waals surface area contributed by atoms with Crippen molar-refractivity contribution in [3.8, 4) is 11.3 Å². The number of hydrogen-bond donors (Lipinski definition) is 4. The molecule has 0 spiro atoms. The molecule has 6 atom stereocenters. The molecule has 0 saturated carbocycles. The van der Waals surface area contributed by atoms with Crippen LogP contribution in [0.25, 0.3) is 11.3 Å². The zero-order valence-electron chi connectivity index (χ0n) is 23.3. The van der Waals surface area contributed by atoms with Crippen molar-refractivity contribution in [2.75, 3.05) is 20.2 Å². The van der Waals surface area contributed by atoms with Gasteiger partial charge in [0.05, 0.1) is 24.9 Å². The highest BCUT2D eigenvalue weighted by atomic mass is 32.2. The predicted molar refractivity (Wildman–Crippen MR) is 142 cm³/mol. The first-order chi connectivity index (χ1) is 19.1. The molecule has 230 valence electrons. The maximum absolute atomic E-state index is 14.4. The average Bonchev–Trinajstić information content (AvgIpc) is 3.39. The lowest BCUT2D eigenvalue weighted by Gasteiger charge is -2.44. The molecule has 1 unspecified atom stereocenters. The summed E-state index contributed by atoms with van der Waals surface area (Å²) in [6.07, 6.45) is -3.00. The van der Waals surface area contributed by atoms with Gasteiger partial charge in [-0.1, -0.05) is 19.1 Å². The summed E-state index contributed by atoms with van der Waals surface area (Å²) in [4.78, 5) is 14.6. The van der Waals surface area contributed by atoms with Gasteiger partial charge in [-0.3, -0.25) is 4.79 Å². The Morgan fingerprint density at radius 2 is 1.76 bits per heavy atom. The third-order valence-electron chi connectivity index (χ3n) is 7.14. The molecule has 0 radical (unpaired) electrons. The quantitative estimate of drug-likeness (QED) is 0.223. The van der Waals surface area contributed by atoms with Gasteiger partial charge in [-0.15, -0.1) is 16.9 Å². The van der Waals surface area contributed by atoms with E-state index in [1.165, 1.54) is 27.1 Å². The van der Waals surface area contributed by atoms with Crippen LogP contribution in [0.15, 0.2) is 18.3 Å². The number of halogens is 4. The fourth-order valence-corrected chi connectivity index (χ4v) is 6.44. The lowest BCUT2D eigenvalue weighted by molar-refractivity contribution is -0.179. The number of alkyl halides is 1. The van der Waals surface area contributed by atoms with E-state index in [-0.39, 0.29) is 30.6 Å². The zero-order chi connectivity index (χ0) is 30.9. The Hall–Kier alpha value is -2.30. The largest absolute Gasteiger partial charge is 0.394 e. The maximum Gasteiger partial charge on any atom is 0.238 e. The summed E-state index contributed by atoms with van der Waals surface area (Å²) in [5.74, 6) is -5.18. The molecular formula is C26H36F4N4O6S. The van der Waals surface area contributed by atoms with Gasteiger partial charge in [0.1, 0.15) is 46.4 Å². The number of ether oxygens (including phenoxy) is 1. The van der Waals surface area contributed by atoms with E-state index in [0.717, 1.165) is 21.3 Å². The summed E-state index contributed by atoms with van der Waals surface area (Å²) in [6.45, 7) is 4.98. The zero-order valence-corrected chi connectivity index (χ0v) is 24.2. The highest BCUT2D eigenvalue weighted by molar-refractivity contribution is 8.01. The number of carbonyl (C=O) groups excluding carboxylic acids is 1. The Kier molecular flexibility index (Phi) is 10.5. The minimum absolute atomic E-state index is 0.103. The minimum Gasteiger partial charge on any atom is -0.394 e. The molecule has 2 aromatic rings. The van der Waals surface area contributed by atoms with E-state index in [1.807, 2.05) is 0 Å². The van der Waals surface area contributed by atoms with Gasteiger partial charge in [0.2, 0.25) is 5.91 Å². The normalized spacial score (nSPS) is 24.4. The summed E-state index contributed by atoms with van der Waals surface area (Å²) in [6, 6.07) is 0.0885. The Labute approximate surface area is 239 Å². The second-order valence-corrected chi connectivity index (χ2v) is 12.0. The second-order valence-electron chi connectivity index (χ2n) is 10.8. The SMILES string of the molecule is CCC(O)(CC)C(S[C@@H]1O[C@H](CO)[C@H](O)[C@H](n2cc(-c3cc(F)c(F)c(F)c3)nn2)[C@H]1O)C(=O)N(C)CC(C)(C)F. The summed E-state index contributed by atoms with van der Waals surface area (Å²) in [5, 5.41) is 49.9. The summed E-state index contributed by atoms with van der Waals surface area (Å²) >= 11 is 0.760. The van der Waals surface area contributed by atoms with Crippen molar-refractivity contribution in [1.82, 2.24) is 19.9 Å². The maximum atomic E-state index is 14.4. The third kappa shape index (κ3) is 7.20. The lowest BCUT2D eigenvalue weighted by Crippen LogP contribution is -2.57. The molecule has 3 rings (SSSR count). The number of carbonyl (C=O) groups is 1. The molecule has 1 aliphatic rings. The molecule has 10 nitrogen and oxygen atoms in total. The van der Waals surface area contributed by atoms with Crippen LogP contribution in [-0.4, -0.2) is 107 Å². The van der Waals surface area contributed by atoms with Crippen LogP contribution in [0.1, 0.15) is 46.6 Å². The van der Waals surface area contributed by atoms with Gasteiger partial charge >= 0.3 is 0 Å². The van der Waals surface area contributed by atoms with Crippen molar-refractivity contribution in [2.24, 2.45) is 0 Å². The molecular weight excluding hydrogens is 572 g/mol. The first-order valence-electron chi connectivity index (χ1n) is 13.1. The van der Waals surface area contributed by atoms with Crippen LogP contribution in [0.4, 0.5) is 17.6 Å². The van der Waals surface area contributed by atoms with Gasteiger partial charge in [0, 0.05) is 12.6 Å². The molecule has 15 heteroatoms. The molecule has 1 fully saturated rings. The lowest BCUT2D eigenvalue weighted by atomic mass is 9.92. The highest BCUT2D eigenvalue weighted by Gasteiger charge is 2.50. The number of aliphatic hydroxyl groups is 4. The average molecular weight is 609 g/mol. The summed E-state index contributed by atoms with van der Waals surface area (Å²) < 4.78 is 62.1. The smallest absolute Gasteiger partial charge is 0.238 e. The molecule has 4 N–H and O–H groups in total. The van der Waals surface area contributed by atoms with Crippen molar-refractivity contribution in [3.63, 3.8) is 0 Å². The number of rotatable bonds is 11. The van der Waals surface area contributed by atoms with E-state index < -0.39 is 76.3 Å². The number of amides is 1. The topological polar surface area (TPSA) is 141 Å². The van der Waals surface area contributed by atoms with Crippen LogP contribution in [0.5, 0.6) is 0 Å². The molecule has 0 bridgehead atoms. The fraction of sp³-hybridized carbons (Fsp3) is 0.654. The number of hydrogen-bond acceptors (Lipinski definition) is 9. The van der Waals surface area contributed by atoms with Crippen LogP contribution in [0, 0.1) is 17.5 Å². The van der Waals surface area contributed by atoms with Gasteiger partial charge in [-0.25, -0.2) is 22.2 Å². The Balaban J connectivity index is 1.96. The summed E-state index contributed by atoms with van der Waals surface area (Å²) in [7, 11) is 1.39. The first-order valence-corrected chi connectivity index (χ1v) is 14.0. The van der Waals surface area contributed by atoms with Gasteiger partial charge in [0.15, 0.2) is 17.5 Å². The van der Waals surface area contributed by atoms with Crippen LogP contribution in [-0.2, 0) is 9.53 Å². The molecule has 1 aromatic carbocycles. The van der Waals surface area contributed by atoms with Gasteiger partial charge in [-0.2, -0.15) is 0 Å². The van der Waals surface area contributed by atoms with E-state index in [9.17, 15) is 42.8 Å². The van der Waals surface area contributed by atoms with Gasteiger partial charge in [0.25, 0.3) is 0 Å². The van der Waals surface area contributed by atoms with Crippen LogP contribution < -0.4 is 0 Å². The van der Waals surface area contributed by atoms with E-state index in [4.69, 9.17) is 4.74 Å². The van der Waals surface area contributed by atoms with Crippen molar-refractivity contribution >= 4 is 17.7 Å². The van der Waals surface area contributed by atoms with Crippen molar-refractivity contribution in [2.45, 2.75) is 86.8 Å². The molecule has 1 saturated heterocycles. The third-order valence-corrected chi connectivity index (χ3v) is 8.71. The first kappa shape index (κ1) is 33.2. The van der Waals surface area contributed by atoms with E-state index in [2.05, 4.69) is 10.3 Å². The van der Waals surface area contributed by atoms with Crippen molar-refractivity contribution < 1.29 is 47.5 Å². The van der Waals surface area contributed by atoms with E-state index in [1.54, 1.807) is 13.8 Å². The minimum atomic E-state index is -1.73. The number of benzene rings is 1. The number of thioether (sulfide) groups is 1. The molecule has 1 aliphatic heterocycles. The number of aliphatic hydroxyl groups excluding tert-OH is 3. The van der Waals surface area contributed by atoms with E-state index in [0.29, 0.717) is 12.1 Å². The van der Waals surface area contributed by atoms with Crippen LogP contribution in [0.2, 0.25) is 0 Å². The molecule has 0 aliphatic carbocycles. The Bertz CT molecular complexity index is 1190. The van der Waals surface area contributed by atoms with Crippen LogP contribution >= 0.6 is 11.8 Å². The highest BCUT2D eigenvalue weighted by Crippen LogP contribution is 2.41. The standard InChI is InChI=1S/C26H36F4N4O6S/c1-6-26(39,7-2)22(23(38)33(5)12-25(3,4)30)41-24-21(37)19(20(36)17(11-35)40-24)34-10-16(31-32-34)13-8-14(27)18(29)15(28)9-13/h8-10,17,19-22,24,35-37,39H,6-7,11-12H2,1-5H3/t17-,19+,20+,21-,22?,24+/m1/s1. The Morgan fingerprint density at radius 1 is 1.17 bits per heavy atom. The van der Waals surface area contributed by atoms with Crippen molar-refractivity contribution in [3.05, 3.63) is 35.8 Å². The Morgan fingerprint density at radius 3 is 2.27 bits per heavy atom. The summed E-state index contributed by atoms with van der Waals surface area (Å²) in [5.41, 5.74) is -4.88. The van der Waals surface area contributed by atoms with Crippen molar-refractivity contribution in [1.29, 1.82) is 0 Å². The van der Waals surface area contributed by atoms with Crippen LogP contribution in [0.3, 0.4) is 0 Å². The monoisotopic (exact) mass is 608 g/mol. The predicted octanol–water partition coefficient (Wildman–Crippen LogP) is 2.20. The fourth-order valence-electron chi connectivity index (χ4n) is 4.76. The molecule has 2 heterocycles. The molecule has 1 aromatic heterocycles. The number of aromatic nitrogens is 3. The molecule has 41 heavy (non-hydrogen) atoms. The second kappa shape index (κ2) is 12.9. The number of nitrogens with zero attached hydrogens (tertiary/aromatic N) is 4. The molecule has 1 amide bonds. The van der Waals surface area contributed by atoms with Gasteiger partial charge < -0.3 is 30.1 Å².